The highest BCUT2D eigenvalue weighted by atomic mass is 16.5. The molecule has 5 heteroatoms. The topological polar surface area (TPSA) is 67.4 Å². The molecule has 0 spiro atoms. The van der Waals surface area contributed by atoms with E-state index in [0.29, 0.717) is 6.54 Å². The summed E-state index contributed by atoms with van der Waals surface area (Å²) in [7, 11) is 0. The quantitative estimate of drug-likeness (QED) is 0.632. The van der Waals surface area contributed by atoms with Gasteiger partial charge in [-0.2, -0.15) is 0 Å². The second kappa shape index (κ2) is 8.95. The number of nitrogens with one attached hydrogen (secondary N) is 2. The summed E-state index contributed by atoms with van der Waals surface area (Å²) in [5.41, 5.74) is 0. The van der Waals surface area contributed by atoms with Crippen molar-refractivity contribution in [3.8, 4) is 0 Å². The molecule has 0 aromatic carbocycles. The molecule has 1 aliphatic carbocycles. The minimum absolute atomic E-state index is 0.0178. The van der Waals surface area contributed by atoms with Crippen molar-refractivity contribution in [1.82, 2.24) is 10.6 Å². The minimum atomic E-state index is -0.449. The van der Waals surface area contributed by atoms with Gasteiger partial charge in [0.25, 0.3) is 0 Å². The lowest BCUT2D eigenvalue weighted by Gasteiger charge is -2.25. The Hall–Kier alpha value is -1.10. The standard InChI is InChI=1S/C15H28N2O3/c1-11(2)20-10-5-4-9-16-14(18)12(3)17-15(19)13-7-6-8-13/h11-13H,4-10H2,1-3H3,(H,16,18)(H,17,19). The zero-order valence-electron chi connectivity index (χ0n) is 12.9. The van der Waals surface area contributed by atoms with Gasteiger partial charge in [-0.1, -0.05) is 6.42 Å². The van der Waals surface area contributed by atoms with E-state index in [0.717, 1.165) is 38.7 Å². The van der Waals surface area contributed by atoms with Gasteiger partial charge in [-0.3, -0.25) is 9.59 Å². The fourth-order valence-corrected chi connectivity index (χ4v) is 1.98. The molecule has 0 aromatic heterocycles. The summed E-state index contributed by atoms with van der Waals surface area (Å²) < 4.78 is 5.42. The van der Waals surface area contributed by atoms with Gasteiger partial charge >= 0.3 is 0 Å². The summed E-state index contributed by atoms with van der Waals surface area (Å²) in [6.45, 7) is 7.10. The van der Waals surface area contributed by atoms with Crippen LogP contribution in [0.2, 0.25) is 0 Å². The maximum absolute atomic E-state index is 11.8. The number of rotatable bonds is 9. The van der Waals surface area contributed by atoms with E-state index in [-0.39, 0.29) is 23.8 Å². The molecule has 0 bridgehead atoms. The van der Waals surface area contributed by atoms with Gasteiger partial charge in [0.15, 0.2) is 0 Å². The van der Waals surface area contributed by atoms with Gasteiger partial charge in [-0.15, -0.1) is 0 Å². The van der Waals surface area contributed by atoms with E-state index >= 15 is 0 Å². The molecule has 1 fully saturated rings. The van der Waals surface area contributed by atoms with Gasteiger partial charge in [0.2, 0.25) is 11.8 Å². The molecule has 1 rings (SSSR count). The molecule has 5 nitrogen and oxygen atoms in total. The second-order valence-corrected chi connectivity index (χ2v) is 5.78. The molecular formula is C15H28N2O3. The van der Waals surface area contributed by atoms with Crippen LogP contribution in [0.4, 0.5) is 0 Å². The number of amides is 2. The smallest absolute Gasteiger partial charge is 0.242 e. The van der Waals surface area contributed by atoms with E-state index in [4.69, 9.17) is 4.74 Å². The summed E-state index contributed by atoms with van der Waals surface area (Å²) in [6, 6.07) is -0.449. The summed E-state index contributed by atoms with van der Waals surface area (Å²) in [6.07, 6.45) is 5.11. The Morgan fingerprint density at radius 1 is 1.20 bits per heavy atom. The Balaban J connectivity index is 2.04. The van der Waals surface area contributed by atoms with Crippen LogP contribution in [0.15, 0.2) is 0 Å². The Morgan fingerprint density at radius 2 is 1.90 bits per heavy atom. The highest BCUT2D eigenvalue weighted by molar-refractivity contribution is 5.88. The van der Waals surface area contributed by atoms with Crippen LogP contribution in [0.1, 0.15) is 52.9 Å². The van der Waals surface area contributed by atoms with Gasteiger partial charge in [0, 0.05) is 19.1 Å². The maximum Gasteiger partial charge on any atom is 0.242 e. The van der Waals surface area contributed by atoms with Crippen LogP contribution in [0.25, 0.3) is 0 Å². The number of unbranched alkanes of at least 4 members (excludes halogenated alkanes) is 1. The molecule has 1 saturated carbocycles. The van der Waals surface area contributed by atoms with Crippen molar-refractivity contribution in [3.63, 3.8) is 0 Å². The first-order valence-corrected chi connectivity index (χ1v) is 7.70. The van der Waals surface area contributed by atoms with E-state index in [1.165, 1.54) is 0 Å². The highest BCUT2D eigenvalue weighted by Gasteiger charge is 2.27. The fraction of sp³-hybridized carbons (Fsp3) is 0.867. The molecule has 1 atom stereocenters. The third-order valence-corrected chi connectivity index (χ3v) is 3.55. The summed E-state index contributed by atoms with van der Waals surface area (Å²) in [5, 5.41) is 5.61. The van der Waals surface area contributed by atoms with Crippen LogP contribution in [-0.4, -0.2) is 37.1 Å². The van der Waals surface area contributed by atoms with Gasteiger partial charge in [-0.25, -0.2) is 0 Å². The van der Waals surface area contributed by atoms with Crippen molar-refractivity contribution in [3.05, 3.63) is 0 Å². The molecule has 0 aliphatic heterocycles. The van der Waals surface area contributed by atoms with Crippen molar-refractivity contribution in [1.29, 1.82) is 0 Å². The van der Waals surface area contributed by atoms with Crippen molar-refractivity contribution >= 4 is 11.8 Å². The molecular weight excluding hydrogens is 256 g/mol. The molecule has 0 saturated heterocycles. The normalized spacial score (nSPS) is 16.6. The van der Waals surface area contributed by atoms with Crippen molar-refractivity contribution in [2.24, 2.45) is 5.92 Å². The predicted octanol–water partition coefficient (Wildman–Crippen LogP) is 1.61. The van der Waals surface area contributed by atoms with E-state index < -0.39 is 6.04 Å². The van der Waals surface area contributed by atoms with E-state index in [2.05, 4.69) is 10.6 Å². The predicted molar refractivity (Wildman–Crippen MR) is 78.3 cm³/mol. The van der Waals surface area contributed by atoms with Crippen LogP contribution in [-0.2, 0) is 14.3 Å². The zero-order valence-corrected chi connectivity index (χ0v) is 12.9. The van der Waals surface area contributed by atoms with E-state index in [9.17, 15) is 9.59 Å². The van der Waals surface area contributed by atoms with Gasteiger partial charge in [0.1, 0.15) is 6.04 Å². The molecule has 0 heterocycles. The van der Waals surface area contributed by atoms with Crippen LogP contribution in [0.5, 0.6) is 0 Å². The van der Waals surface area contributed by atoms with Crippen LogP contribution >= 0.6 is 0 Å². The third-order valence-electron chi connectivity index (χ3n) is 3.55. The Morgan fingerprint density at radius 3 is 2.45 bits per heavy atom. The fourth-order valence-electron chi connectivity index (χ4n) is 1.98. The maximum atomic E-state index is 11.8. The number of hydrogen-bond acceptors (Lipinski definition) is 3. The molecule has 0 radical (unpaired) electrons. The lowest BCUT2D eigenvalue weighted by atomic mass is 9.84. The largest absolute Gasteiger partial charge is 0.379 e. The summed E-state index contributed by atoms with van der Waals surface area (Å²) in [5.74, 6) is 0.0325. The Labute approximate surface area is 121 Å². The van der Waals surface area contributed by atoms with Crippen molar-refractivity contribution in [2.45, 2.75) is 65.0 Å². The average molecular weight is 284 g/mol. The first-order chi connectivity index (χ1) is 9.50. The zero-order chi connectivity index (χ0) is 15.0. The molecule has 0 aromatic rings. The first kappa shape index (κ1) is 17.0. The van der Waals surface area contributed by atoms with Crippen LogP contribution in [0, 0.1) is 5.92 Å². The van der Waals surface area contributed by atoms with Gasteiger partial charge in [-0.05, 0) is 46.5 Å². The first-order valence-electron chi connectivity index (χ1n) is 7.70. The molecule has 1 aliphatic rings. The highest BCUT2D eigenvalue weighted by Crippen LogP contribution is 2.26. The number of ether oxygens (including phenoxy) is 1. The Bertz CT molecular complexity index is 314. The number of carbonyl (C=O) groups is 2. The minimum Gasteiger partial charge on any atom is -0.379 e. The Kier molecular flexibility index (Phi) is 7.59. The van der Waals surface area contributed by atoms with Crippen LogP contribution in [0.3, 0.4) is 0 Å². The third kappa shape index (κ3) is 6.37. The van der Waals surface area contributed by atoms with E-state index in [1.807, 2.05) is 13.8 Å². The number of hydrogen-bond donors (Lipinski definition) is 2. The molecule has 2 N–H and O–H groups in total. The monoisotopic (exact) mass is 284 g/mol. The lowest BCUT2D eigenvalue weighted by Crippen LogP contribution is -2.47. The average Bonchev–Trinajstić information content (AvgIpc) is 2.30. The molecule has 116 valence electrons. The van der Waals surface area contributed by atoms with E-state index in [1.54, 1.807) is 6.92 Å². The van der Waals surface area contributed by atoms with Crippen molar-refractivity contribution in [2.75, 3.05) is 13.2 Å². The van der Waals surface area contributed by atoms with Crippen molar-refractivity contribution < 1.29 is 14.3 Å². The van der Waals surface area contributed by atoms with Gasteiger partial charge in [0.05, 0.1) is 6.10 Å². The lowest BCUT2D eigenvalue weighted by molar-refractivity contribution is -0.132. The molecule has 2 amide bonds. The number of carbonyl (C=O) groups excluding carboxylic acids is 2. The van der Waals surface area contributed by atoms with Gasteiger partial charge < -0.3 is 15.4 Å². The molecule has 20 heavy (non-hydrogen) atoms. The summed E-state index contributed by atoms with van der Waals surface area (Å²) in [4.78, 5) is 23.5. The summed E-state index contributed by atoms with van der Waals surface area (Å²) >= 11 is 0. The van der Waals surface area contributed by atoms with Crippen LogP contribution < -0.4 is 10.6 Å². The molecule has 1 unspecified atom stereocenters. The SMILES string of the molecule is CC(C)OCCCCNC(=O)C(C)NC(=O)C1CCC1. The second-order valence-electron chi connectivity index (χ2n) is 5.78.